The van der Waals surface area contributed by atoms with E-state index in [1.807, 2.05) is 49.4 Å². The van der Waals surface area contributed by atoms with Gasteiger partial charge in [-0.05, 0) is 48.7 Å². The molecule has 0 bridgehead atoms. The van der Waals surface area contributed by atoms with Gasteiger partial charge in [-0.25, -0.2) is 9.97 Å². The molecule has 0 spiro atoms. The fraction of sp³-hybridized carbons (Fsp3) is 0.286. The number of rotatable bonds is 6. The maximum atomic E-state index is 13.9. The highest BCUT2D eigenvalue weighted by Gasteiger charge is 2.34. The highest BCUT2D eigenvalue weighted by molar-refractivity contribution is 6.31. The third-order valence-corrected chi connectivity index (χ3v) is 6.85. The van der Waals surface area contributed by atoms with Crippen molar-refractivity contribution >= 4 is 39.9 Å². The van der Waals surface area contributed by atoms with E-state index in [9.17, 15) is 4.79 Å². The van der Waals surface area contributed by atoms with Gasteiger partial charge in [-0.1, -0.05) is 67.4 Å². The van der Waals surface area contributed by atoms with Crippen LogP contribution < -0.4 is 5.56 Å². The molecule has 2 aromatic heterocycles. The topological polar surface area (TPSA) is 63.4 Å². The van der Waals surface area contributed by atoms with Crippen molar-refractivity contribution in [1.82, 2.24) is 19.4 Å². The third-order valence-electron chi connectivity index (χ3n) is 6.42. The normalized spacial score (nSPS) is 14.5. The smallest absolute Gasteiger partial charge is 0.261 e. The first kappa shape index (κ1) is 24.5. The summed E-state index contributed by atoms with van der Waals surface area (Å²) in [6.07, 6.45) is 0. The number of pyridine rings is 1. The monoisotopic (exact) mass is 519 g/mol. The molecule has 5 rings (SSSR count). The van der Waals surface area contributed by atoms with Crippen LogP contribution in [-0.2, 0) is 6.54 Å². The SMILES string of the molecule is Cc1cc(C2=NCCN2C(c2nc3cc(Cl)ccc3c(=O)n2Cc2ccccc2)C(C)C)cc(Cl)n1. The van der Waals surface area contributed by atoms with E-state index in [2.05, 4.69) is 23.7 Å². The maximum absolute atomic E-state index is 13.9. The van der Waals surface area contributed by atoms with E-state index in [1.54, 1.807) is 22.8 Å². The summed E-state index contributed by atoms with van der Waals surface area (Å²) in [4.78, 5) is 30.3. The zero-order valence-corrected chi connectivity index (χ0v) is 22.0. The number of aromatic nitrogens is 3. The number of benzene rings is 2. The minimum Gasteiger partial charge on any atom is -0.344 e. The zero-order chi connectivity index (χ0) is 25.4. The Kier molecular flexibility index (Phi) is 6.82. The summed E-state index contributed by atoms with van der Waals surface area (Å²) in [5.74, 6) is 1.67. The van der Waals surface area contributed by atoms with Gasteiger partial charge in [0, 0.05) is 22.8 Å². The molecule has 0 fully saturated rings. The molecule has 36 heavy (non-hydrogen) atoms. The predicted molar refractivity (Wildman–Crippen MR) is 146 cm³/mol. The second-order valence-corrected chi connectivity index (χ2v) is 10.2. The molecule has 0 aliphatic carbocycles. The Morgan fingerprint density at radius 1 is 1.00 bits per heavy atom. The Morgan fingerprint density at radius 3 is 2.50 bits per heavy atom. The Balaban J connectivity index is 1.70. The summed E-state index contributed by atoms with van der Waals surface area (Å²) >= 11 is 12.6. The molecule has 1 unspecified atom stereocenters. The molecule has 0 saturated heterocycles. The standard InChI is InChI=1S/C28H27Cl2N5O/c1-17(2)25(34-12-11-31-26(34)20-13-18(3)32-24(30)14-20)27-33-23-15-21(29)9-10-22(23)28(36)35(27)16-19-7-5-4-6-8-19/h4-10,13-15,17,25H,11-12,16H2,1-3H3. The van der Waals surface area contributed by atoms with Crippen molar-refractivity contribution in [3.8, 4) is 0 Å². The number of aliphatic imine (C=N–C) groups is 1. The first-order valence-electron chi connectivity index (χ1n) is 12.0. The molecule has 0 radical (unpaired) electrons. The van der Waals surface area contributed by atoms with Gasteiger partial charge in [0.25, 0.3) is 5.56 Å². The number of hydrogen-bond acceptors (Lipinski definition) is 5. The number of amidine groups is 1. The van der Waals surface area contributed by atoms with Crippen molar-refractivity contribution in [2.24, 2.45) is 10.9 Å². The molecule has 4 aromatic rings. The fourth-order valence-corrected chi connectivity index (χ4v) is 5.32. The van der Waals surface area contributed by atoms with Gasteiger partial charge in [0.2, 0.25) is 0 Å². The Hall–Kier alpha value is -3.22. The second kappa shape index (κ2) is 10.0. The van der Waals surface area contributed by atoms with E-state index in [0.29, 0.717) is 46.5 Å². The Bertz CT molecular complexity index is 1490. The average molecular weight is 520 g/mol. The van der Waals surface area contributed by atoms with Crippen LogP contribution in [0.3, 0.4) is 0 Å². The van der Waals surface area contributed by atoms with Crippen LogP contribution in [0.5, 0.6) is 0 Å². The maximum Gasteiger partial charge on any atom is 0.261 e. The van der Waals surface area contributed by atoms with Gasteiger partial charge in [-0.2, -0.15) is 0 Å². The molecule has 0 saturated carbocycles. The lowest BCUT2D eigenvalue weighted by molar-refractivity contribution is 0.250. The van der Waals surface area contributed by atoms with E-state index < -0.39 is 0 Å². The quantitative estimate of drug-likeness (QED) is 0.297. The molecule has 0 N–H and O–H groups in total. The van der Waals surface area contributed by atoms with Crippen LogP contribution in [0.2, 0.25) is 10.2 Å². The number of hydrogen-bond donors (Lipinski definition) is 0. The Labute approximate surface area is 220 Å². The van der Waals surface area contributed by atoms with Crippen LogP contribution >= 0.6 is 23.2 Å². The van der Waals surface area contributed by atoms with Crippen molar-refractivity contribution in [2.75, 3.05) is 13.1 Å². The summed E-state index contributed by atoms with van der Waals surface area (Å²) in [5.41, 5.74) is 3.29. The fourth-order valence-electron chi connectivity index (χ4n) is 4.90. The van der Waals surface area contributed by atoms with Crippen molar-refractivity contribution in [2.45, 2.75) is 33.4 Å². The van der Waals surface area contributed by atoms with Crippen molar-refractivity contribution in [1.29, 1.82) is 0 Å². The molecule has 1 aliphatic heterocycles. The van der Waals surface area contributed by atoms with Gasteiger partial charge < -0.3 is 4.90 Å². The van der Waals surface area contributed by atoms with Crippen LogP contribution in [0, 0.1) is 12.8 Å². The molecule has 3 heterocycles. The molecule has 1 aliphatic rings. The minimum atomic E-state index is -0.196. The highest BCUT2D eigenvalue weighted by atomic mass is 35.5. The summed E-state index contributed by atoms with van der Waals surface area (Å²) in [6, 6.07) is 18.9. The lowest BCUT2D eigenvalue weighted by atomic mass is 9.99. The van der Waals surface area contributed by atoms with Gasteiger partial charge in [0.1, 0.15) is 16.8 Å². The molecule has 8 heteroatoms. The molecule has 6 nitrogen and oxygen atoms in total. The van der Waals surface area contributed by atoms with Crippen LogP contribution in [0.25, 0.3) is 10.9 Å². The van der Waals surface area contributed by atoms with Gasteiger partial charge in [-0.3, -0.25) is 14.4 Å². The van der Waals surface area contributed by atoms with Gasteiger partial charge in [-0.15, -0.1) is 0 Å². The number of halogens is 2. The lowest BCUT2D eigenvalue weighted by Crippen LogP contribution is -2.40. The number of nitrogens with zero attached hydrogens (tertiary/aromatic N) is 5. The number of aryl methyl sites for hydroxylation is 1. The summed E-state index contributed by atoms with van der Waals surface area (Å²) < 4.78 is 1.80. The molecular formula is C28H27Cl2N5O. The second-order valence-electron chi connectivity index (χ2n) is 9.42. The Morgan fingerprint density at radius 2 is 1.78 bits per heavy atom. The molecule has 1 atom stereocenters. The van der Waals surface area contributed by atoms with Crippen molar-refractivity contribution in [3.63, 3.8) is 0 Å². The van der Waals surface area contributed by atoms with Gasteiger partial charge >= 0.3 is 0 Å². The van der Waals surface area contributed by atoms with Crippen molar-refractivity contribution < 1.29 is 0 Å². The molecule has 2 aromatic carbocycles. The molecule has 184 valence electrons. The van der Waals surface area contributed by atoms with Crippen LogP contribution in [0.4, 0.5) is 0 Å². The van der Waals surface area contributed by atoms with E-state index >= 15 is 0 Å². The average Bonchev–Trinajstić information content (AvgIpc) is 3.30. The van der Waals surface area contributed by atoms with Crippen LogP contribution in [0.15, 0.2) is 70.5 Å². The third kappa shape index (κ3) is 4.75. The summed E-state index contributed by atoms with van der Waals surface area (Å²) in [5, 5.41) is 1.53. The summed E-state index contributed by atoms with van der Waals surface area (Å²) in [6.45, 7) is 8.00. The number of fused-ring (bicyclic) bond motifs is 1. The van der Waals surface area contributed by atoms with Crippen LogP contribution in [-0.4, -0.2) is 38.4 Å². The predicted octanol–water partition coefficient (Wildman–Crippen LogP) is 5.91. The zero-order valence-electron chi connectivity index (χ0n) is 20.4. The lowest BCUT2D eigenvalue weighted by Gasteiger charge is -2.34. The van der Waals surface area contributed by atoms with E-state index in [1.165, 1.54) is 0 Å². The summed E-state index contributed by atoms with van der Waals surface area (Å²) in [7, 11) is 0. The first-order chi connectivity index (χ1) is 17.3. The van der Waals surface area contributed by atoms with Gasteiger partial charge in [0.05, 0.1) is 30.0 Å². The molecule has 0 amide bonds. The van der Waals surface area contributed by atoms with E-state index in [-0.39, 0.29) is 17.5 Å². The first-order valence-corrected chi connectivity index (χ1v) is 12.8. The van der Waals surface area contributed by atoms with Crippen molar-refractivity contribution in [3.05, 3.63) is 104 Å². The van der Waals surface area contributed by atoms with Gasteiger partial charge in [0.15, 0.2) is 0 Å². The largest absolute Gasteiger partial charge is 0.344 e. The van der Waals surface area contributed by atoms with E-state index in [0.717, 1.165) is 22.7 Å². The van der Waals surface area contributed by atoms with E-state index in [4.69, 9.17) is 33.2 Å². The minimum absolute atomic E-state index is 0.0818. The molecular weight excluding hydrogens is 493 g/mol. The van der Waals surface area contributed by atoms with Crippen LogP contribution in [0.1, 0.15) is 42.5 Å². The highest BCUT2D eigenvalue weighted by Crippen LogP contribution is 2.32.